The lowest BCUT2D eigenvalue weighted by Crippen LogP contribution is -2.45. The first kappa shape index (κ1) is 21.1. The maximum Gasteiger partial charge on any atom is 0.227 e. The van der Waals surface area contributed by atoms with E-state index in [2.05, 4.69) is 15.5 Å². The highest BCUT2D eigenvalue weighted by Gasteiger charge is 2.26. The van der Waals surface area contributed by atoms with Crippen LogP contribution in [0, 0.1) is 5.92 Å². The fourth-order valence-corrected chi connectivity index (χ4v) is 3.56. The zero-order valence-corrected chi connectivity index (χ0v) is 17.3. The lowest BCUT2D eigenvalue weighted by atomic mass is 10.0. The van der Waals surface area contributed by atoms with Gasteiger partial charge in [-0.25, -0.2) is 0 Å². The quantitative estimate of drug-likeness (QED) is 0.732. The molecule has 1 saturated carbocycles. The summed E-state index contributed by atoms with van der Waals surface area (Å²) in [6, 6.07) is 7.85. The summed E-state index contributed by atoms with van der Waals surface area (Å²) in [5, 5.41) is 8.30. The largest absolute Gasteiger partial charge is 0.343 e. The summed E-state index contributed by atoms with van der Waals surface area (Å²) in [5.74, 6) is 2.09. The van der Waals surface area contributed by atoms with Crippen LogP contribution in [0.2, 0.25) is 5.02 Å². The van der Waals surface area contributed by atoms with Gasteiger partial charge in [-0.3, -0.25) is 4.79 Å². The monoisotopic (exact) mass is 424 g/mol. The van der Waals surface area contributed by atoms with Crippen molar-refractivity contribution in [1.29, 1.82) is 0 Å². The minimum absolute atomic E-state index is 0. The van der Waals surface area contributed by atoms with Gasteiger partial charge in [0.25, 0.3) is 0 Å². The fourth-order valence-electron chi connectivity index (χ4n) is 3.43. The van der Waals surface area contributed by atoms with Gasteiger partial charge < -0.3 is 14.7 Å². The lowest BCUT2D eigenvalue weighted by molar-refractivity contribution is -0.132. The van der Waals surface area contributed by atoms with Crippen molar-refractivity contribution in [1.82, 2.24) is 20.4 Å². The SMILES string of the molecule is Cl.O=C(CCc1nc(-c2ccc(Cl)cc2)no1)N1CCC(NCC2CC2)CC1. The third-order valence-electron chi connectivity index (χ3n) is 5.36. The molecule has 1 aromatic carbocycles. The van der Waals surface area contributed by atoms with Gasteiger partial charge in [0.15, 0.2) is 0 Å². The van der Waals surface area contributed by atoms with Crippen molar-refractivity contribution in [2.24, 2.45) is 5.92 Å². The molecule has 152 valence electrons. The Labute approximate surface area is 176 Å². The van der Waals surface area contributed by atoms with Crippen LogP contribution >= 0.6 is 24.0 Å². The summed E-state index contributed by atoms with van der Waals surface area (Å²) in [4.78, 5) is 18.8. The minimum Gasteiger partial charge on any atom is -0.343 e. The number of benzene rings is 1. The van der Waals surface area contributed by atoms with E-state index >= 15 is 0 Å². The molecule has 1 amide bonds. The second-order valence-corrected chi connectivity index (χ2v) is 7.96. The first-order valence-electron chi connectivity index (χ1n) is 9.77. The first-order valence-corrected chi connectivity index (χ1v) is 10.1. The van der Waals surface area contributed by atoms with Crippen molar-refractivity contribution in [2.45, 2.75) is 44.6 Å². The number of aromatic nitrogens is 2. The van der Waals surface area contributed by atoms with Gasteiger partial charge in [-0.1, -0.05) is 16.8 Å². The highest BCUT2D eigenvalue weighted by Crippen LogP contribution is 2.28. The second-order valence-electron chi connectivity index (χ2n) is 7.53. The molecule has 8 heteroatoms. The van der Waals surface area contributed by atoms with Crippen molar-refractivity contribution in [3.05, 3.63) is 35.2 Å². The summed E-state index contributed by atoms with van der Waals surface area (Å²) >= 11 is 5.90. The Kier molecular flexibility index (Phi) is 7.32. The number of aryl methyl sites for hydroxylation is 1. The fraction of sp³-hybridized carbons (Fsp3) is 0.550. The molecule has 0 spiro atoms. The highest BCUT2D eigenvalue weighted by atomic mass is 35.5. The minimum atomic E-state index is 0. The Balaban J connectivity index is 0.00000225. The molecule has 2 aliphatic rings. The van der Waals surface area contributed by atoms with E-state index in [0.29, 0.717) is 35.6 Å². The molecule has 1 N–H and O–H groups in total. The highest BCUT2D eigenvalue weighted by molar-refractivity contribution is 6.30. The Hall–Kier alpha value is -1.63. The third kappa shape index (κ3) is 5.69. The molecule has 2 aromatic rings. The second kappa shape index (κ2) is 9.72. The Morgan fingerprint density at radius 2 is 1.89 bits per heavy atom. The number of hydrogen-bond donors (Lipinski definition) is 1. The summed E-state index contributed by atoms with van der Waals surface area (Å²) in [6.07, 6.45) is 5.71. The van der Waals surface area contributed by atoms with Gasteiger partial charge in [-0.05, 0) is 62.4 Å². The zero-order chi connectivity index (χ0) is 18.6. The van der Waals surface area contributed by atoms with Gasteiger partial charge in [0, 0.05) is 42.6 Å². The molecule has 0 unspecified atom stereocenters. The molecule has 1 saturated heterocycles. The van der Waals surface area contributed by atoms with Gasteiger partial charge in [0.05, 0.1) is 0 Å². The smallest absolute Gasteiger partial charge is 0.227 e. The molecule has 1 aliphatic carbocycles. The average molecular weight is 425 g/mol. The van der Waals surface area contributed by atoms with Crippen LogP contribution in [0.1, 0.15) is 38.0 Å². The van der Waals surface area contributed by atoms with E-state index in [1.54, 1.807) is 12.1 Å². The van der Waals surface area contributed by atoms with E-state index < -0.39 is 0 Å². The van der Waals surface area contributed by atoms with Gasteiger partial charge >= 0.3 is 0 Å². The molecular weight excluding hydrogens is 399 g/mol. The van der Waals surface area contributed by atoms with Crippen LogP contribution in [0.4, 0.5) is 0 Å². The number of rotatable bonds is 7. The van der Waals surface area contributed by atoms with Gasteiger partial charge in [0.2, 0.25) is 17.6 Å². The number of carbonyl (C=O) groups excluding carboxylic acids is 1. The molecule has 0 bridgehead atoms. The van der Waals surface area contributed by atoms with Gasteiger partial charge in [-0.15, -0.1) is 12.4 Å². The molecule has 1 aliphatic heterocycles. The molecule has 4 rings (SSSR count). The van der Waals surface area contributed by atoms with Crippen molar-refractivity contribution in [3.63, 3.8) is 0 Å². The third-order valence-corrected chi connectivity index (χ3v) is 5.62. The van der Waals surface area contributed by atoms with Crippen LogP contribution in [-0.2, 0) is 11.2 Å². The predicted molar refractivity (Wildman–Crippen MR) is 111 cm³/mol. The number of hydrogen-bond acceptors (Lipinski definition) is 5. The first-order chi connectivity index (χ1) is 13.2. The van der Waals surface area contributed by atoms with Gasteiger partial charge in [0.1, 0.15) is 0 Å². The van der Waals surface area contributed by atoms with E-state index in [1.165, 1.54) is 12.8 Å². The van der Waals surface area contributed by atoms with Crippen LogP contribution in [0.15, 0.2) is 28.8 Å². The molecule has 28 heavy (non-hydrogen) atoms. The average Bonchev–Trinajstić information content (AvgIpc) is 3.41. The Morgan fingerprint density at radius 3 is 2.57 bits per heavy atom. The maximum absolute atomic E-state index is 12.5. The number of carbonyl (C=O) groups is 1. The van der Waals surface area contributed by atoms with Crippen molar-refractivity contribution >= 4 is 29.9 Å². The number of nitrogens with one attached hydrogen (secondary N) is 1. The molecule has 0 atom stereocenters. The molecule has 2 fully saturated rings. The number of piperidine rings is 1. The predicted octanol–water partition coefficient (Wildman–Crippen LogP) is 3.74. The topological polar surface area (TPSA) is 71.3 Å². The van der Waals surface area contributed by atoms with Crippen LogP contribution in [0.5, 0.6) is 0 Å². The molecule has 0 radical (unpaired) electrons. The van der Waals surface area contributed by atoms with E-state index in [9.17, 15) is 4.79 Å². The molecule has 2 heterocycles. The van der Waals surface area contributed by atoms with E-state index in [1.807, 2.05) is 17.0 Å². The summed E-state index contributed by atoms with van der Waals surface area (Å²) < 4.78 is 5.29. The maximum atomic E-state index is 12.5. The molecular formula is C20H26Cl2N4O2. The van der Waals surface area contributed by atoms with E-state index in [0.717, 1.165) is 44.0 Å². The Bertz CT molecular complexity index is 769. The van der Waals surface area contributed by atoms with Crippen LogP contribution < -0.4 is 5.32 Å². The molecule has 1 aromatic heterocycles. The summed E-state index contributed by atoms with van der Waals surface area (Å²) in [7, 11) is 0. The Morgan fingerprint density at radius 1 is 1.18 bits per heavy atom. The normalized spacial score (nSPS) is 17.4. The number of likely N-dealkylation sites (tertiary alicyclic amines) is 1. The lowest BCUT2D eigenvalue weighted by Gasteiger charge is -2.32. The van der Waals surface area contributed by atoms with Crippen molar-refractivity contribution in [3.8, 4) is 11.4 Å². The van der Waals surface area contributed by atoms with Crippen molar-refractivity contribution < 1.29 is 9.32 Å². The summed E-state index contributed by atoms with van der Waals surface area (Å²) in [6.45, 7) is 2.81. The number of nitrogens with zero attached hydrogens (tertiary/aromatic N) is 3. The summed E-state index contributed by atoms with van der Waals surface area (Å²) in [5.41, 5.74) is 0.849. The van der Waals surface area contributed by atoms with Crippen LogP contribution in [0.25, 0.3) is 11.4 Å². The number of halogens is 2. The van der Waals surface area contributed by atoms with Crippen molar-refractivity contribution in [2.75, 3.05) is 19.6 Å². The molecule has 6 nitrogen and oxygen atoms in total. The van der Waals surface area contributed by atoms with E-state index in [4.69, 9.17) is 16.1 Å². The van der Waals surface area contributed by atoms with Crippen LogP contribution in [-0.4, -0.2) is 46.6 Å². The van der Waals surface area contributed by atoms with E-state index in [-0.39, 0.29) is 18.3 Å². The standard InChI is InChI=1S/C20H25ClN4O2.ClH/c21-16-5-3-15(4-6-16)20-23-18(27-24-20)7-8-19(26)25-11-9-17(10-12-25)22-13-14-1-2-14;/h3-6,14,17,22H,1-2,7-13H2;1H. The van der Waals surface area contributed by atoms with Gasteiger partial charge in [-0.2, -0.15) is 4.98 Å². The van der Waals surface area contributed by atoms with Crippen LogP contribution in [0.3, 0.4) is 0 Å². The zero-order valence-electron chi connectivity index (χ0n) is 15.8. The number of amides is 1.